The van der Waals surface area contributed by atoms with Crippen molar-refractivity contribution in [2.75, 3.05) is 0 Å². The van der Waals surface area contributed by atoms with Gasteiger partial charge in [0.05, 0.1) is 11.9 Å². The predicted octanol–water partition coefficient (Wildman–Crippen LogP) is 4.05. The molecule has 6 heteroatoms. The van der Waals surface area contributed by atoms with E-state index in [1.807, 2.05) is 26.0 Å². The lowest BCUT2D eigenvalue weighted by atomic mass is 10.1. The second-order valence-electron chi connectivity index (χ2n) is 5.76. The van der Waals surface area contributed by atoms with Gasteiger partial charge in [-0.3, -0.25) is 4.79 Å². The highest BCUT2D eigenvalue weighted by molar-refractivity contribution is 5.96. The minimum Gasteiger partial charge on any atom is -0.508 e. The number of rotatable bonds is 3. The number of amides is 1. The van der Waals surface area contributed by atoms with Crippen LogP contribution in [0, 0.1) is 13.8 Å². The zero-order valence-electron chi connectivity index (χ0n) is 13.4. The van der Waals surface area contributed by atoms with Crippen molar-refractivity contribution >= 4 is 22.5 Å². The molecule has 0 unspecified atom stereocenters. The summed E-state index contributed by atoms with van der Waals surface area (Å²) >= 11 is 0. The molecular formula is C18H17N3O3. The van der Waals surface area contributed by atoms with Crippen LogP contribution in [-0.4, -0.2) is 21.1 Å². The zero-order chi connectivity index (χ0) is 17.3. The molecule has 0 atom stereocenters. The largest absolute Gasteiger partial charge is 0.508 e. The predicted molar refractivity (Wildman–Crippen MR) is 90.8 cm³/mol. The van der Waals surface area contributed by atoms with Gasteiger partial charge in [-0.05, 0) is 43.2 Å². The molecule has 3 N–H and O–H groups in total. The number of aromatic hydroxyl groups is 2. The lowest BCUT2D eigenvalue weighted by Crippen LogP contribution is -1.97. The summed E-state index contributed by atoms with van der Waals surface area (Å²) in [7, 11) is 0. The van der Waals surface area contributed by atoms with Crippen LogP contribution in [-0.2, 0) is 11.2 Å². The summed E-state index contributed by atoms with van der Waals surface area (Å²) in [4.78, 5) is 14.8. The molecule has 3 rings (SSSR count). The van der Waals surface area contributed by atoms with Crippen LogP contribution in [0.1, 0.15) is 16.7 Å². The van der Waals surface area contributed by atoms with Crippen LogP contribution in [0.25, 0.3) is 10.9 Å². The molecular weight excluding hydrogens is 306 g/mol. The van der Waals surface area contributed by atoms with Crippen molar-refractivity contribution in [2.45, 2.75) is 20.3 Å². The van der Waals surface area contributed by atoms with E-state index in [1.165, 1.54) is 12.1 Å². The summed E-state index contributed by atoms with van der Waals surface area (Å²) in [5.41, 5.74) is 3.78. The number of benzene rings is 2. The number of fused-ring (bicyclic) bond motifs is 1. The Hall–Kier alpha value is -3.15. The summed E-state index contributed by atoms with van der Waals surface area (Å²) in [6, 6.07) is 10.2. The first-order valence-electron chi connectivity index (χ1n) is 7.48. The molecule has 1 amide bonds. The van der Waals surface area contributed by atoms with Gasteiger partial charge >= 0.3 is 0 Å². The number of azo groups is 1. The average molecular weight is 323 g/mol. The highest BCUT2D eigenvalue weighted by Gasteiger charge is 2.13. The van der Waals surface area contributed by atoms with Gasteiger partial charge in [-0.2, -0.15) is 0 Å². The Labute approximate surface area is 138 Å². The maximum Gasteiger partial charge on any atom is 0.269 e. The van der Waals surface area contributed by atoms with Gasteiger partial charge < -0.3 is 15.2 Å². The van der Waals surface area contributed by atoms with Gasteiger partial charge in [-0.15, -0.1) is 10.2 Å². The van der Waals surface area contributed by atoms with Crippen LogP contribution in [0.2, 0.25) is 0 Å². The standard InChI is InChI=1S/C18H17N3O3/c1-10-7-11(2)16-14(8-10)17(18(24)19-16)21-20-15(23)9-12-3-5-13(22)6-4-12/h3-8,19,22,24H,9H2,1-2H3. The summed E-state index contributed by atoms with van der Waals surface area (Å²) in [5, 5.41) is 27.6. The first-order chi connectivity index (χ1) is 11.4. The molecule has 6 nitrogen and oxygen atoms in total. The van der Waals surface area contributed by atoms with E-state index < -0.39 is 5.91 Å². The van der Waals surface area contributed by atoms with Crippen molar-refractivity contribution in [3.8, 4) is 11.6 Å². The molecule has 2 aromatic carbocycles. The van der Waals surface area contributed by atoms with Crippen LogP contribution >= 0.6 is 0 Å². The second-order valence-corrected chi connectivity index (χ2v) is 5.76. The topological polar surface area (TPSA) is 98.0 Å². The van der Waals surface area contributed by atoms with E-state index in [0.29, 0.717) is 0 Å². The van der Waals surface area contributed by atoms with Crippen LogP contribution in [0.15, 0.2) is 46.6 Å². The fraction of sp³-hybridized carbons (Fsp3) is 0.167. The number of carbonyl (C=O) groups excluding carboxylic acids is 1. The Balaban J connectivity index is 1.86. The van der Waals surface area contributed by atoms with Gasteiger partial charge in [0.25, 0.3) is 5.91 Å². The highest BCUT2D eigenvalue weighted by atomic mass is 16.3. The van der Waals surface area contributed by atoms with Crippen molar-refractivity contribution in [2.24, 2.45) is 10.2 Å². The van der Waals surface area contributed by atoms with Crippen molar-refractivity contribution < 1.29 is 15.0 Å². The smallest absolute Gasteiger partial charge is 0.269 e. The molecule has 122 valence electrons. The fourth-order valence-corrected chi connectivity index (χ4v) is 2.66. The molecule has 0 aliphatic rings. The monoisotopic (exact) mass is 323 g/mol. The third kappa shape index (κ3) is 3.12. The van der Waals surface area contributed by atoms with E-state index in [-0.39, 0.29) is 23.7 Å². The molecule has 0 spiro atoms. The van der Waals surface area contributed by atoms with Gasteiger partial charge in [0, 0.05) is 5.39 Å². The van der Waals surface area contributed by atoms with Crippen molar-refractivity contribution in [3.63, 3.8) is 0 Å². The quantitative estimate of drug-likeness (QED) is 0.634. The fourth-order valence-electron chi connectivity index (χ4n) is 2.66. The molecule has 0 aliphatic carbocycles. The SMILES string of the molecule is Cc1cc(C)c2[nH]c(O)c(N=NC(=O)Cc3ccc(O)cc3)c2c1. The van der Waals surface area contributed by atoms with Gasteiger partial charge in [-0.1, -0.05) is 23.8 Å². The molecule has 1 heterocycles. The molecule has 1 aromatic heterocycles. The number of nitrogens with one attached hydrogen (secondary N) is 1. The Morgan fingerprint density at radius 1 is 1.12 bits per heavy atom. The number of aromatic nitrogens is 1. The highest BCUT2D eigenvalue weighted by Crippen LogP contribution is 2.37. The maximum atomic E-state index is 12.0. The molecule has 0 aliphatic heterocycles. The Kier molecular flexibility index (Phi) is 4.04. The van der Waals surface area contributed by atoms with Gasteiger partial charge in [0.2, 0.25) is 5.88 Å². The Morgan fingerprint density at radius 3 is 2.54 bits per heavy atom. The molecule has 24 heavy (non-hydrogen) atoms. The average Bonchev–Trinajstić information content (AvgIpc) is 2.84. The van der Waals surface area contributed by atoms with E-state index in [0.717, 1.165) is 27.6 Å². The first kappa shape index (κ1) is 15.7. The third-order valence-corrected chi connectivity index (χ3v) is 3.76. The first-order valence-corrected chi connectivity index (χ1v) is 7.48. The van der Waals surface area contributed by atoms with E-state index >= 15 is 0 Å². The Bertz CT molecular complexity index is 940. The number of phenolic OH excluding ortho intramolecular Hbond substituents is 1. The molecule has 0 bridgehead atoms. The number of phenols is 1. The van der Waals surface area contributed by atoms with E-state index in [4.69, 9.17) is 0 Å². The molecule has 0 radical (unpaired) electrons. The van der Waals surface area contributed by atoms with Gasteiger partial charge in [-0.25, -0.2) is 0 Å². The van der Waals surface area contributed by atoms with E-state index in [9.17, 15) is 15.0 Å². The summed E-state index contributed by atoms with van der Waals surface area (Å²) in [6.07, 6.45) is 0.0744. The van der Waals surface area contributed by atoms with Crippen LogP contribution in [0.3, 0.4) is 0 Å². The van der Waals surface area contributed by atoms with Crippen LogP contribution < -0.4 is 0 Å². The minimum atomic E-state index is -0.432. The minimum absolute atomic E-state index is 0.0744. The normalized spacial score (nSPS) is 11.4. The van der Waals surface area contributed by atoms with Crippen LogP contribution in [0.5, 0.6) is 11.6 Å². The van der Waals surface area contributed by atoms with Crippen molar-refractivity contribution in [3.05, 3.63) is 53.1 Å². The number of aromatic amines is 1. The lowest BCUT2D eigenvalue weighted by molar-refractivity contribution is -0.117. The molecule has 0 saturated heterocycles. The Morgan fingerprint density at radius 2 is 1.83 bits per heavy atom. The third-order valence-electron chi connectivity index (χ3n) is 3.76. The van der Waals surface area contributed by atoms with Crippen LogP contribution in [0.4, 0.5) is 5.69 Å². The number of hydrogen-bond acceptors (Lipinski definition) is 4. The van der Waals surface area contributed by atoms with E-state index in [2.05, 4.69) is 15.2 Å². The molecule has 0 fully saturated rings. The summed E-state index contributed by atoms with van der Waals surface area (Å²) < 4.78 is 0. The van der Waals surface area contributed by atoms with Gasteiger partial charge in [0.1, 0.15) is 5.75 Å². The lowest BCUT2D eigenvalue weighted by Gasteiger charge is -1.99. The number of carbonyl (C=O) groups is 1. The molecule has 0 saturated carbocycles. The maximum absolute atomic E-state index is 12.0. The summed E-state index contributed by atoms with van der Waals surface area (Å²) in [5.74, 6) is -0.402. The van der Waals surface area contributed by atoms with Gasteiger partial charge in [0.15, 0.2) is 5.69 Å². The van der Waals surface area contributed by atoms with Crippen molar-refractivity contribution in [1.29, 1.82) is 0 Å². The summed E-state index contributed by atoms with van der Waals surface area (Å²) in [6.45, 7) is 3.88. The number of nitrogens with zero attached hydrogens (tertiary/aromatic N) is 2. The van der Waals surface area contributed by atoms with E-state index in [1.54, 1.807) is 12.1 Å². The van der Waals surface area contributed by atoms with Crippen molar-refractivity contribution in [1.82, 2.24) is 4.98 Å². The molecule has 3 aromatic rings. The number of H-pyrrole nitrogens is 1. The second kappa shape index (κ2) is 6.16. The number of aryl methyl sites for hydroxylation is 2. The zero-order valence-corrected chi connectivity index (χ0v) is 13.4. The number of hydrogen-bond donors (Lipinski definition) is 3.